The Kier molecular flexibility index (Phi) is 4.36. The number of carbonyl (C=O) groups excluding carboxylic acids is 1. The fourth-order valence-corrected chi connectivity index (χ4v) is 4.06. The summed E-state index contributed by atoms with van der Waals surface area (Å²) in [7, 11) is 2.01. The van der Waals surface area contributed by atoms with Gasteiger partial charge in [-0.1, -0.05) is 30.3 Å². The van der Waals surface area contributed by atoms with Crippen LogP contribution < -0.4 is 5.32 Å². The SMILES string of the molecule is CC(c1ccccc1)n1c(C(=O)Nc2ccc3c(ccn3C)c2)cc2cccnc21. The summed E-state index contributed by atoms with van der Waals surface area (Å²) in [6.07, 6.45) is 3.78. The molecule has 0 saturated carbocycles. The zero-order valence-corrected chi connectivity index (χ0v) is 16.9. The summed E-state index contributed by atoms with van der Waals surface area (Å²) in [5.74, 6) is -0.147. The van der Waals surface area contributed by atoms with Crippen LogP contribution in [0, 0.1) is 0 Å². The fraction of sp³-hybridized carbons (Fsp3) is 0.120. The average Bonchev–Trinajstić information content (AvgIpc) is 3.34. The second-order valence-corrected chi connectivity index (χ2v) is 7.56. The highest BCUT2D eigenvalue weighted by Crippen LogP contribution is 2.28. The van der Waals surface area contributed by atoms with Crippen LogP contribution in [0.4, 0.5) is 5.69 Å². The second-order valence-electron chi connectivity index (χ2n) is 7.56. The van der Waals surface area contributed by atoms with E-state index in [2.05, 4.69) is 33.9 Å². The molecule has 5 heteroatoms. The number of hydrogen-bond donors (Lipinski definition) is 1. The average molecular weight is 394 g/mol. The maximum Gasteiger partial charge on any atom is 0.272 e. The molecule has 0 spiro atoms. The first kappa shape index (κ1) is 18.2. The molecule has 1 unspecified atom stereocenters. The minimum atomic E-state index is -0.147. The highest BCUT2D eigenvalue weighted by molar-refractivity contribution is 6.06. The number of carbonyl (C=O) groups is 1. The summed E-state index contributed by atoms with van der Waals surface area (Å²) < 4.78 is 4.08. The largest absolute Gasteiger partial charge is 0.351 e. The quantitative estimate of drug-likeness (QED) is 0.444. The molecule has 1 amide bonds. The predicted octanol–water partition coefficient (Wildman–Crippen LogP) is 5.39. The van der Waals surface area contributed by atoms with Crippen molar-refractivity contribution in [1.29, 1.82) is 0 Å². The molecule has 3 heterocycles. The van der Waals surface area contributed by atoms with Crippen molar-refractivity contribution in [3.63, 3.8) is 0 Å². The number of nitrogens with one attached hydrogen (secondary N) is 1. The number of anilines is 1. The van der Waals surface area contributed by atoms with Crippen LogP contribution in [-0.2, 0) is 7.05 Å². The summed E-state index contributed by atoms with van der Waals surface area (Å²) in [5, 5.41) is 5.11. The van der Waals surface area contributed by atoms with Gasteiger partial charge in [-0.25, -0.2) is 4.98 Å². The van der Waals surface area contributed by atoms with Crippen molar-refractivity contribution in [2.75, 3.05) is 5.32 Å². The number of amides is 1. The van der Waals surface area contributed by atoms with E-state index in [4.69, 9.17) is 0 Å². The summed E-state index contributed by atoms with van der Waals surface area (Å²) >= 11 is 0. The predicted molar refractivity (Wildman–Crippen MR) is 121 cm³/mol. The van der Waals surface area contributed by atoms with Gasteiger partial charge in [0.1, 0.15) is 11.3 Å². The maximum atomic E-state index is 13.3. The van der Waals surface area contributed by atoms with Crippen LogP contribution >= 0.6 is 0 Å². The normalized spacial score (nSPS) is 12.3. The van der Waals surface area contributed by atoms with E-state index in [-0.39, 0.29) is 11.9 Å². The van der Waals surface area contributed by atoms with Gasteiger partial charge >= 0.3 is 0 Å². The van der Waals surface area contributed by atoms with Crippen molar-refractivity contribution in [3.05, 3.63) is 96.4 Å². The fourth-order valence-electron chi connectivity index (χ4n) is 4.06. The molecule has 1 N–H and O–H groups in total. The van der Waals surface area contributed by atoms with Gasteiger partial charge in [0.25, 0.3) is 5.91 Å². The number of pyridine rings is 1. The van der Waals surface area contributed by atoms with Gasteiger partial charge in [0, 0.05) is 41.4 Å². The number of aryl methyl sites for hydroxylation is 1. The highest BCUT2D eigenvalue weighted by Gasteiger charge is 2.21. The van der Waals surface area contributed by atoms with Crippen LogP contribution in [-0.4, -0.2) is 20.0 Å². The van der Waals surface area contributed by atoms with E-state index >= 15 is 0 Å². The maximum absolute atomic E-state index is 13.3. The number of benzene rings is 2. The number of fused-ring (bicyclic) bond motifs is 2. The van der Waals surface area contributed by atoms with Gasteiger partial charge in [-0.3, -0.25) is 4.79 Å². The molecule has 0 radical (unpaired) electrons. The van der Waals surface area contributed by atoms with Crippen molar-refractivity contribution in [2.24, 2.45) is 7.05 Å². The van der Waals surface area contributed by atoms with Gasteiger partial charge in [-0.05, 0) is 55.0 Å². The lowest BCUT2D eigenvalue weighted by molar-refractivity contribution is 0.101. The van der Waals surface area contributed by atoms with E-state index in [1.54, 1.807) is 6.20 Å². The Labute approximate surface area is 174 Å². The van der Waals surface area contributed by atoms with Crippen LogP contribution in [0.2, 0.25) is 0 Å². The molecule has 148 valence electrons. The molecule has 3 aromatic heterocycles. The molecule has 0 bridgehead atoms. The minimum absolute atomic E-state index is 0.0315. The number of rotatable bonds is 4. The molecule has 2 aromatic carbocycles. The molecule has 5 rings (SSSR count). The van der Waals surface area contributed by atoms with E-state index in [0.29, 0.717) is 5.69 Å². The van der Waals surface area contributed by atoms with Crippen LogP contribution in [0.25, 0.3) is 21.9 Å². The van der Waals surface area contributed by atoms with Crippen molar-refractivity contribution >= 4 is 33.5 Å². The molecule has 5 nitrogen and oxygen atoms in total. The first-order valence-corrected chi connectivity index (χ1v) is 9.99. The summed E-state index contributed by atoms with van der Waals surface area (Å²) in [6.45, 7) is 2.09. The molecule has 0 aliphatic carbocycles. The lowest BCUT2D eigenvalue weighted by atomic mass is 10.1. The first-order valence-electron chi connectivity index (χ1n) is 9.99. The molecule has 0 fully saturated rings. The van der Waals surface area contributed by atoms with Crippen LogP contribution in [0.5, 0.6) is 0 Å². The Bertz CT molecular complexity index is 1360. The Hall–Kier alpha value is -3.86. The van der Waals surface area contributed by atoms with Crippen molar-refractivity contribution in [2.45, 2.75) is 13.0 Å². The van der Waals surface area contributed by atoms with Gasteiger partial charge < -0.3 is 14.5 Å². The molecule has 5 aromatic rings. The first-order chi connectivity index (χ1) is 14.6. The van der Waals surface area contributed by atoms with Crippen molar-refractivity contribution in [3.8, 4) is 0 Å². The third kappa shape index (κ3) is 3.05. The zero-order valence-electron chi connectivity index (χ0n) is 16.9. The highest BCUT2D eigenvalue weighted by atomic mass is 16.2. The second kappa shape index (κ2) is 7.19. The Balaban J connectivity index is 1.56. The number of hydrogen-bond acceptors (Lipinski definition) is 2. The molecular weight excluding hydrogens is 372 g/mol. The summed E-state index contributed by atoms with van der Waals surface area (Å²) in [6, 6.07) is 23.9. The molecule has 0 aliphatic rings. The lowest BCUT2D eigenvalue weighted by Gasteiger charge is -2.18. The minimum Gasteiger partial charge on any atom is -0.351 e. The topological polar surface area (TPSA) is 51.9 Å². The van der Waals surface area contributed by atoms with Crippen LogP contribution in [0.15, 0.2) is 85.2 Å². The van der Waals surface area contributed by atoms with E-state index in [1.165, 1.54) is 0 Å². The number of aromatic nitrogens is 3. The molecule has 1 atom stereocenters. The van der Waals surface area contributed by atoms with Crippen LogP contribution in [0.1, 0.15) is 29.0 Å². The summed E-state index contributed by atoms with van der Waals surface area (Å²) in [4.78, 5) is 17.9. The standard InChI is InChI=1S/C25H22N4O/c1-17(18-7-4-3-5-8-18)29-23(16-20-9-6-13-26-24(20)29)25(30)27-21-10-11-22-19(15-21)12-14-28(22)2/h3-17H,1-2H3,(H,27,30). The molecule has 30 heavy (non-hydrogen) atoms. The van der Waals surface area contributed by atoms with Gasteiger partial charge in [-0.15, -0.1) is 0 Å². The number of nitrogens with zero attached hydrogens (tertiary/aromatic N) is 3. The Morgan fingerprint density at radius 2 is 1.80 bits per heavy atom. The van der Waals surface area contributed by atoms with E-state index in [0.717, 1.165) is 33.2 Å². The van der Waals surface area contributed by atoms with Crippen molar-refractivity contribution < 1.29 is 4.79 Å². The summed E-state index contributed by atoms with van der Waals surface area (Å²) in [5.41, 5.74) is 4.42. The van der Waals surface area contributed by atoms with Gasteiger partial charge in [0.05, 0.1) is 6.04 Å². The molecule has 0 aliphatic heterocycles. The van der Waals surface area contributed by atoms with E-state index in [1.807, 2.05) is 78.5 Å². The third-order valence-corrected chi connectivity index (χ3v) is 5.64. The van der Waals surface area contributed by atoms with E-state index < -0.39 is 0 Å². The van der Waals surface area contributed by atoms with Gasteiger partial charge in [0.2, 0.25) is 0 Å². The lowest BCUT2D eigenvalue weighted by Crippen LogP contribution is -2.19. The van der Waals surface area contributed by atoms with Crippen LogP contribution in [0.3, 0.4) is 0 Å². The van der Waals surface area contributed by atoms with Gasteiger partial charge in [0.15, 0.2) is 0 Å². The Morgan fingerprint density at radius 1 is 0.967 bits per heavy atom. The monoisotopic (exact) mass is 394 g/mol. The smallest absolute Gasteiger partial charge is 0.272 e. The van der Waals surface area contributed by atoms with E-state index in [9.17, 15) is 4.79 Å². The third-order valence-electron chi connectivity index (χ3n) is 5.64. The van der Waals surface area contributed by atoms with Gasteiger partial charge in [-0.2, -0.15) is 0 Å². The zero-order chi connectivity index (χ0) is 20.7. The molecular formula is C25H22N4O. The van der Waals surface area contributed by atoms with Crippen molar-refractivity contribution in [1.82, 2.24) is 14.1 Å². The Morgan fingerprint density at radius 3 is 2.63 bits per heavy atom. The molecule has 0 saturated heterocycles.